The molecule has 0 aliphatic carbocycles. The van der Waals surface area contributed by atoms with Crippen LogP contribution < -0.4 is 5.73 Å². The molecule has 0 amide bonds. The second kappa shape index (κ2) is 4.52. The van der Waals surface area contributed by atoms with E-state index in [0.29, 0.717) is 19.5 Å². The summed E-state index contributed by atoms with van der Waals surface area (Å²) in [5, 5.41) is 0. The monoisotopic (exact) mass is 222 g/mol. The maximum absolute atomic E-state index is 14.8. The molecular formula is C13H19FN2. The van der Waals surface area contributed by atoms with Gasteiger partial charge in [0.05, 0.1) is 0 Å². The SMILES string of the molecule is CN1CCCC(F)(c2cccc(CN)c2)C1. The summed E-state index contributed by atoms with van der Waals surface area (Å²) in [5.74, 6) is 0. The van der Waals surface area contributed by atoms with Gasteiger partial charge in [0.2, 0.25) is 0 Å². The molecule has 1 fully saturated rings. The third-order valence-electron chi connectivity index (χ3n) is 3.31. The number of rotatable bonds is 2. The summed E-state index contributed by atoms with van der Waals surface area (Å²) in [5.41, 5.74) is 6.17. The Kier molecular flexibility index (Phi) is 3.26. The Bertz CT molecular complexity index is 367. The Balaban J connectivity index is 2.27. The Hall–Kier alpha value is -0.930. The smallest absolute Gasteiger partial charge is 0.148 e. The molecule has 2 N–H and O–H groups in total. The predicted octanol–water partition coefficient (Wildman–Crippen LogP) is 2.04. The van der Waals surface area contributed by atoms with Gasteiger partial charge < -0.3 is 10.6 Å². The average Bonchev–Trinajstić information content (AvgIpc) is 2.29. The van der Waals surface area contributed by atoms with Crippen molar-refractivity contribution in [1.29, 1.82) is 0 Å². The van der Waals surface area contributed by atoms with Crippen LogP contribution in [0.3, 0.4) is 0 Å². The number of hydrogen-bond donors (Lipinski definition) is 1. The first kappa shape index (κ1) is 11.6. The first-order chi connectivity index (χ1) is 7.64. The molecule has 3 heteroatoms. The van der Waals surface area contributed by atoms with Crippen molar-refractivity contribution < 1.29 is 4.39 Å². The highest BCUT2D eigenvalue weighted by Gasteiger charge is 2.35. The molecule has 1 unspecified atom stereocenters. The highest BCUT2D eigenvalue weighted by atomic mass is 19.1. The second-order valence-corrected chi connectivity index (χ2v) is 4.71. The molecule has 2 nitrogen and oxygen atoms in total. The summed E-state index contributed by atoms with van der Waals surface area (Å²) in [7, 11) is 1.97. The maximum atomic E-state index is 14.8. The molecule has 0 saturated carbocycles. The second-order valence-electron chi connectivity index (χ2n) is 4.71. The lowest BCUT2D eigenvalue weighted by atomic mass is 9.87. The van der Waals surface area contributed by atoms with E-state index in [1.165, 1.54) is 0 Å². The van der Waals surface area contributed by atoms with Crippen molar-refractivity contribution in [2.75, 3.05) is 20.1 Å². The van der Waals surface area contributed by atoms with E-state index in [-0.39, 0.29) is 0 Å². The molecule has 1 aliphatic rings. The van der Waals surface area contributed by atoms with Gasteiger partial charge in [-0.15, -0.1) is 0 Å². The lowest BCUT2D eigenvalue weighted by Gasteiger charge is -2.35. The lowest BCUT2D eigenvalue weighted by Crippen LogP contribution is -2.41. The number of benzene rings is 1. The molecule has 1 atom stereocenters. The van der Waals surface area contributed by atoms with Crippen molar-refractivity contribution in [2.24, 2.45) is 5.73 Å². The van der Waals surface area contributed by atoms with Gasteiger partial charge in [-0.2, -0.15) is 0 Å². The minimum absolute atomic E-state index is 0.472. The van der Waals surface area contributed by atoms with E-state index >= 15 is 0 Å². The fourth-order valence-electron chi connectivity index (χ4n) is 2.43. The van der Waals surface area contributed by atoms with E-state index in [1.807, 2.05) is 31.3 Å². The molecule has 1 aromatic rings. The van der Waals surface area contributed by atoms with Crippen LogP contribution in [-0.2, 0) is 12.2 Å². The van der Waals surface area contributed by atoms with Crippen LogP contribution in [0, 0.1) is 0 Å². The van der Waals surface area contributed by atoms with E-state index in [9.17, 15) is 4.39 Å². The number of hydrogen-bond acceptors (Lipinski definition) is 2. The average molecular weight is 222 g/mol. The molecule has 16 heavy (non-hydrogen) atoms. The van der Waals surface area contributed by atoms with Crippen LogP contribution in [0.25, 0.3) is 0 Å². The Morgan fingerprint density at radius 1 is 1.50 bits per heavy atom. The Morgan fingerprint density at radius 2 is 2.31 bits per heavy atom. The zero-order valence-electron chi connectivity index (χ0n) is 9.75. The summed E-state index contributed by atoms with van der Waals surface area (Å²) < 4.78 is 14.8. The third-order valence-corrected chi connectivity index (χ3v) is 3.31. The first-order valence-electron chi connectivity index (χ1n) is 5.81. The number of piperidine rings is 1. The number of nitrogens with two attached hydrogens (primary N) is 1. The van der Waals surface area contributed by atoms with Gasteiger partial charge in [0.25, 0.3) is 0 Å². The van der Waals surface area contributed by atoms with Gasteiger partial charge in [0, 0.05) is 13.1 Å². The molecule has 2 rings (SSSR count). The number of halogens is 1. The highest BCUT2D eigenvalue weighted by molar-refractivity contribution is 5.29. The molecule has 1 aliphatic heterocycles. The zero-order valence-corrected chi connectivity index (χ0v) is 9.75. The van der Waals surface area contributed by atoms with Crippen LogP contribution in [0.2, 0.25) is 0 Å². The quantitative estimate of drug-likeness (QED) is 0.829. The van der Waals surface area contributed by atoms with Crippen LogP contribution in [0.15, 0.2) is 24.3 Å². The van der Waals surface area contributed by atoms with Crippen LogP contribution >= 0.6 is 0 Å². The van der Waals surface area contributed by atoms with Crippen molar-refractivity contribution in [2.45, 2.75) is 25.1 Å². The summed E-state index contributed by atoms with van der Waals surface area (Å²) >= 11 is 0. The molecule has 1 saturated heterocycles. The van der Waals surface area contributed by atoms with Crippen molar-refractivity contribution in [3.63, 3.8) is 0 Å². The molecule has 0 radical (unpaired) electrons. The van der Waals surface area contributed by atoms with Crippen LogP contribution in [-0.4, -0.2) is 25.0 Å². The molecule has 0 bridgehead atoms. The Labute approximate surface area is 96.2 Å². The van der Waals surface area contributed by atoms with Gasteiger partial charge in [-0.1, -0.05) is 24.3 Å². The highest BCUT2D eigenvalue weighted by Crippen LogP contribution is 2.35. The van der Waals surface area contributed by atoms with E-state index in [4.69, 9.17) is 5.73 Å². The largest absolute Gasteiger partial charge is 0.326 e. The number of likely N-dealkylation sites (N-methyl/N-ethyl adjacent to an activating group) is 1. The van der Waals surface area contributed by atoms with E-state index < -0.39 is 5.67 Å². The van der Waals surface area contributed by atoms with E-state index in [0.717, 1.165) is 24.1 Å². The van der Waals surface area contributed by atoms with Gasteiger partial charge >= 0.3 is 0 Å². The lowest BCUT2D eigenvalue weighted by molar-refractivity contribution is 0.0563. The molecule has 0 aromatic heterocycles. The molecule has 1 heterocycles. The summed E-state index contributed by atoms with van der Waals surface area (Å²) in [6, 6.07) is 7.62. The molecule has 1 aromatic carbocycles. The van der Waals surface area contributed by atoms with E-state index in [2.05, 4.69) is 4.90 Å². The molecule has 88 valence electrons. The minimum atomic E-state index is -1.20. The van der Waals surface area contributed by atoms with Crippen molar-refractivity contribution in [1.82, 2.24) is 4.90 Å². The minimum Gasteiger partial charge on any atom is -0.326 e. The van der Waals surface area contributed by atoms with Crippen molar-refractivity contribution in [3.05, 3.63) is 35.4 Å². The van der Waals surface area contributed by atoms with Crippen LogP contribution in [0.4, 0.5) is 4.39 Å². The zero-order chi connectivity index (χ0) is 11.6. The summed E-state index contributed by atoms with van der Waals surface area (Å²) in [6.45, 7) is 1.95. The van der Waals surface area contributed by atoms with Crippen LogP contribution in [0.5, 0.6) is 0 Å². The van der Waals surface area contributed by atoms with Gasteiger partial charge in [-0.3, -0.25) is 0 Å². The summed E-state index contributed by atoms with van der Waals surface area (Å²) in [6.07, 6.45) is 1.53. The van der Waals surface area contributed by atoms with Crippen LogP contribution in [0.1, 0.15) is 24.0 Å². The fourth-order valence-corrected chi connectivity index (χ4v) is 2.43. The van der Waals surface area contributed by atoms with Crippen molar-refractivity contribution in [3.8, 4) is 0 Å². The number of alkyl halides is 1. The number of nitrogens with zero attached hydrogens (tertiary/aromatic N) is 1. The standard InChI is InChI=1S/C13H19FN2/c1-16-7-3-6-13(14,10-16)12-5-2-4-11(8-12)9-15/h2,4-5,8H,3,6-7,9-10,15H2,1H3. The normalized spacial score (nSPS) is 26.9. The number of likely N-dealkylation sites (tertiary alicyclic amines) is 1. The fraction of sp³-hybridized carbons (Fsp3) is 0.538. The topological polar surface area (TPSA) is 29.3 Å². The maximum Gasteiger partial charge on any atom is 0.148 e. The summed E-state index contributed by atoms with van der Waals surface area (Å²) in [4.78, 5) is 2.05. The van der Waals surface area contributed by atoms with Gasteiger partial charge in [-0.25, -0.2) is 4.39 Å². The predicted molar refractivity (Wildman–Crippen MR) is 63.9 cm³/mol. The molecule has 0 spiro atoms. The molecular weight excluding hydrogens is 203 g/mol. The van der Waals surface area contributed by atoms with Gasteiger partial charge in [0.15, 0.2) is 0 Å². The van der Waals surface area contributed by atoms with E-state index in [1.54, 1.807) is 0 Å². The Morgan fingerprint density at radius 3 is 3.00 bits per heavy atom. The van der Waals surface area contributed by atoms with Gasteiger partial charge in [0.1, 0.15) is 5.67 Å². The van der Waals surface area contributed by atoms with Gasteiger partial charge in [-0.05, 0) is 37.6 Å². The third kappa shape index (κ3) is 2.25. The van der Waals surface area contributed by atoms with Crippen molar-refractivity contribution >= 4 is 0 Å². The first-order valence-corrected chi connectivity index (χ1v) is 5.81.